The molecule has 2 aliphatic rings. The fraction of sp³-hybridized carbons (Fsp3) is 0.409. The summed E-state index contributed by atoms with van der Waals surface area (Å²) in [6.45, 7) is 6.61. The number of rotatable bonds is 4. The molecule has 27 heavy (non-hydrogen) atoms. The van der Waals surface area contributed by atoms with Gasteiger partial charge in [-0.25, -0.2) is 0 Å². The van der Waals surface area contributed by atoms with Gasteiger partial charge in [-0.05, 0) is 68.1 Å². The van der Waals surface area contributed by atoms with Crippen LogP contribution >= 0.6 is 0 Å². The number of ether oxygens (including phenoxy) is 2. The zero-order chi connectivity index (χ0) is 18.8. The maximum absolute atomic E-state index is 12.6. The first kappa shape index (κ1) is 17.9. The molecule has 2 heterocycles. The molecule has 0 spiro atoms. The number of nitrogens with one attached hydrogen (secondary N) is 1. The highest BCUT2D eigenvalue weighted by molar-refractivity contribution is 5.93. The first-order chi connectivity index (χ1) is 13.1. The van der Waals surface area contributed by atoms with E-state index in [9.17, 15) is 4.79 Å². The highest BCUT2D eigenvalue weighted by Crippen LogP contribution is 2.37. The maximum Gasteiger partial charge on any atom is 0.238 e. The van der Waals surface area contributed by atoms with Gasteiger partial charge in [0, 0.05) is 11.7 Å². The quantitative estimate of drug-likeness (QED) is 0.893. The van der Waals surface area contributed by atoms with E-state index in [1.807, 2.05) is 25.1 Å². The Morgan fingerprint density at radius 3 is 2.81 bits per heavy atom. The van der Waals surface area contributed by atoms with Crippen LogP contribution in [0.4, 0.5) is 5.69 Å². The molecule has 0 radical (unpaired) electrons. The lowest BCUT2D eigenvalue weighted by molar-refractivity contribution is -0.117. The average molecular weight is 366 g/mol. The van der Waals surface area contributed by atoms with Crippen LogP contribution in [0.5, 0.6) is 11.5 Å². The van der Waals surface area contributed by atoms with Crippen LogP contribution in [-0.2, 0) is 4.79 Å². The molecular formula is C22H26N2O3. The molecule has 0 saturated carbocycles. The van der Waals surface area contributed by atoms with Gasteiger partial charge in [0.1, 0.15) is 13.2 Å². The van der Waals surface area contributed by atoms with E-state index in [1.54, 1.807) is 0 Å². The number of hydrogen-bond acceptors (Lipinski definition) is 4. The molecule has 0 aromatic heterocycles. The summed E-state index contributed by atoms with van der Waals surface area (Å²) in [6, 6.07) is 12.4. The number of aryl methyl sites for hydroxylation is 1. The van der Waals surface area contributed by atoms with Crippen molar-refractivity contribution in [1.82, 2.24) is 4.90 Å². The zero-order valence-electron chi connectivity index (χ0n) is 16.0. The molecule has 0 aliphatic carbocycles. The minimum atomic E-state index is 0.0353. The van der Waals surface area contributed by atoms with Gasteiger partial charge in [-0.2, -0.15) is 0 Å². The molecule has 0 bridgehead atoms. The number of hydrogen-bond donors (Lipinski definition) is 1. The second-order valence-electron chi connectivity index (χ2n) is 7.33. The fourth-order valence-corrected chi connectivity index (χ4v) is 3.92. The van der Waals surface area contributed by atoms with Crippen LogP contribution in [0, 0.1) is 13.8 Å². The van der Waals surface area contributed by atoms with Gasteiger partial charge in [-0.15, -0.1) is 0 Å². The zero-order valence-corrected chi connectivity index (χ0v) is 16.0. The standard InChI is InChI=1S/C22H26N2O3/c1-15-5-3-6-18(16(15)2)23-22(25)14-24-10-4-7-19(24)17-8-9-20-21(13-17)27-12-11-26-20/h3,5-6,8-9,13,19H,4,7,10-12,14H2,1-2H3,(H,23,25). The second-order valence-corrected chi connectivity index (χ2v) is 7.33. The van der Waals surface area contributed by atoms with Gasteiger partial charge < -0.3 is 14.8 Å². The van der Waals surface area contributed by atoms with E-state index < -0.39 is 0 Å². The summed E-state index contributed by atoms with van der Waals surface area (Å²) in [5.41, 5.74) is 4.39. The third-order valence-corrected chi connectivity index (χ3v) is 5.54. The Bertz CT molecular complexity index is 849. The first-order valence-corrected chi connectivity index (χ1v) is 9.61. The van der Waals surface area contributed by atoms with Gasteiger partial charge in [0.15, 0.2) is 11.5 Å². The second kappa shape index (κ2) is 7.61. The molecule has 1 fully saturated rings. The lowest BCUT2D eigenvalue weighted by Gasteiger charge is -2.26. The lowest BCUT2D eigenvalue weighted by Crippen LogP contribution is -2.33. The van der Waals surface area contributed by atoms with E-state index in [-0.39, 0.29) is 11.9 Å². The van der Waals surface area contributed by atoms with Crippen molar-refractivity contribution in [3.05, 3.63) is 53.1 Å². The minimum Gasteiger partial charge on any atom is -0.486 e. The van der Waals surface area contributed by atoms with Gasteiger partial charge in [0.25, 0.3) is 0 Å². The lowest BCUT2D eigenvalue weighted by atomic mass is 10.0. The Balaban J connectivity index is 1.45. The topological polar surface area (TPSA) is 50.8 Å². The van der Waals surface area contributed by atoms with E-state index in [4.69, 9.17) is 9.47 Å². The van der Waals surface area contributed by atoms with Crippen molar-refractivity contribution >= 4 is 11.6 Å². The highest BCUT2D eigenvalue weighted by atomic mass is 16.6. The maximum atomic E-state index is 12.6. The number of benzene rings is 2. The summed E-state index contributed by atoms with van der Waals surface area (Å²) < 4.78 is 11.3. The molecule has 142 valence electrons. The highest BCUT2D eigenvalue weighted by Gasteiger charge is 2.28. The van der Waals surface area contributed by atoms with Crippen LogP contribution in [0.3, 0.4) is 0 Å². The van der Waals surface area contributed by atoms with Crippen molar-refractivity contribution in [3.63, 3.8) is 0 Å². The number of carbonyl (C=O) groups is 1. The van der Waals surface area contributed by atoms with Crippen LogP contribution in [0.1, 0.15) is 35.6 Å². The summed E-state index contributed by atoms with van der Waals surface area (Å²) in [5.74, 6) is 1.65. The van der Waals surface area contributed by atoms with Crippen LogP contribution in [0.15, 0.2) is 36.4 Å². The Kier molecular flexibility index (Phi) is 5.03. The summed E-state index contributed by atoms with van der Waals surface area (Å²) >= 11 is 0. The molecule has 1 atom stereocenters. The predicted molar refractivity (Wildman–Crippen MR) is 106 cm³/mol. The summed E-state index contributed by atoms with van der Waals surface area (Å²) in [7, 11) is 0. The molecule has 2 aromatic carbocycles. The van der Waals surface area contributed by atoms with Gasteiger partial charge in [0.2, 0.25) is 5.91 Å². The van der Waals surface area contributed by atoms with E-state index in [0.29, 0.717) is 19.8 Å². The first-order valence-electron chi connectivity index (χ1n) is 9.61. The number of likely N-dealkylation sites (tertiary alicyclic amines) is 1. The Morgan fingerprint density at radius 1 is 1.15 bits per heavy atom. The molecule has 1 N–H and O–H groups in total. The molecule has 1 amide bonds. The van der Waals surface area contributed by atoms with Crippen LogP contribution in [-0.4, -0.2) is 37.1 Å². The van der Waals surface area contributed by atoms with Gasteiger partial charge in [0.05, 0.1) is 6.54 Å². The van der Waals surface area contributed by atoms with Crippen LogP contribution < -0.4 is 14.8 Å². The predicted octanol–water partition coefficient (Wildman–Crippen LogP) is 3.85. The molecule has 5 heteroatoms. The number of nitrogens with zero attached hydrogens (tertiary/aromatic N) is 1. The third kappa shape index (κ3) is 3.78. The van der Waals surface area contributed by atoms with E-state index in [1.165, 1.54) is 11.1 Å². The fourth-order valence-electron chi connectivity index (χ4n) is 3.92. The third-order valence-electron chi connectivity index (χ3n) is 5.54. The molecule has 1 unspecified atom stereocenters. The number of amides is 1. The summed E-state index contributed by atoms with van der Waals surface area (Å²) in [5, 5.41) is 3.07. The number of carbonyl (C=O) groups excluding carboxylic acids is 1. The van der Waals surface area contributed by atoms with Crippen LogP contribution in [0.25, 0.3) is 0 Å². The monoisotopic (exact) mass is 366 g/mol. The van der Waals surface area contributed by atoms with Crippen LogP contribution in [0.2, 0.25) is 0 Å². The van der Waals surface area contributed by atoms with Crippen molar-refractivity contribution in [2.45, 2.75) is 32.7 Å². The average Bonchev–Trinajstić information content (AvgIpc) is 3.13. The molecule has 4 rings (SSSR count). The Labute approximate surface area is 160 Å². The SMILES string of the molecule is Cc1cccc(NC(=O)CN2CCCC2c2ccc3c(c2)OCCO3)c1C. The van der Waals surface area contributed by atoms with E-state index in [0.717, 1.165) is 42.1 Å². The number of fused-ring (bicyclic) bond motifs is 1. The van der Waals surface area contributed by atoms with Gasteiger partial charge in [-0.3, -0.25) is 9.69 Å². The minimum absolute atomic E-state index is 0.0353. The summed E-state index contributed by atoms with van der Waals surface area (Å²) in [4.78, 5) is 14.9. The summed E-state index contributed by atoms with van der Waals surface area (Å²) in [6.07, 6.45) is 2.15. The van der Waals surface area contributed by atoms with Gasteiger partial charge in [-0.1, -0.05) is 18.2 Å². The number of anilines is 1. The van der Waals surface area contributed by atoms with Crippen molar-refractivity contribution in [2.75, 3.05) is 31.6 Å². The van der Waals surface area contributed by atoms with Crippen molar-refractivity contribution in [1.29, 1.82) is 0 Å². The molecule has 2 aliphatic heterocycles. The Morgan fingerprint density at radius 2 is 1.96 bits per heavy atom. The molecular weight excluding hydrogens is 340 g/mol. The Hall–Kier alpha value is -2.53. The normalized spacial score (nSPS) is 19.1. The largest absolute Gasteiger partial charge is 0.486 e. The van der Waals surface area contributed by atoms with Crippen molar-refractivity contribution < 1.29 is 14.3 Å². The van der Waals surface area contributed by atoms with Crippen molar-refractivity contribution in [2.24, 2.45) is 0 Å². The smallest absolute Gasteiger partial charge is 0.238 e. The molecule has 1 saturated heterocycles. The van der Waals surface area contributed by atoms with Gasteiger partial charge >= 0.3 is 0 Å². The molecule has 5 nitrogen and oxygen atoms in total. The van der Waals surface area contributed by atoms with E-state index >= 15 is 0 Å². The van der Waals surface area contributed by atoms with E-state index in [2.05, 4.69) is 35.3 Å². The van der Waals surface area contributed by atoms with Crippen molar-refractivity contribution in [3.8, 4) is 11.5 Å². The molecule has 2 aromatic rings.